The summed E-state index contributed by atoms with van der Waals surface area (Å²) in [4.78, 5) is 33.3. The molecule has 0 aliphatic carbocycles. The largest absolute Gasteiger partial charge is 0.356 e. The summed E-state index contributed by atoms with van der Waals surface area (Å²) >= 11 is 2.06. The summed E-state index contributed by atoms with van der Waals surface area (Å²) in [5.74, 6) is 1.28. The van der Waals surface area contributed by atoms with Gasteiger partial charge in [0.25, 0.3) is 5.91 Å². The summed E-state index contributed by atoms with van der Waals surface area (Å²) in [5, 5.41) is 13.8. The standard InChI is InChI=1S/C28H40N6O2S/c1-20-10-14-29-22(16-20)23-17-21(11-15-30-23)28(36)32-13-7-3-2-6-12-31-26(35)9-5-4-8-25-27-24(18-37-25)33-19-34-27/h10-11,14-17,24-25,27,33-34H,2-9,12-13,18-19H2,1H3,(H,31,35)(H,32,36)/t24-,25-,27-/m0/s1. The highest BCUT2D eigenvalue weighted by molar-refractivity contribution is 8.00. The molecule has 2 aromatic heterocycles. The number of nitrogens with zero attached hydrogens (tertiary/aromatic N) is 2. The topological polar surface area (TPSA) is 108 Å². The molecule has 0 bridgehead atoms. The second-order valence-corrected chi connectivity index (χ2v) is 11.3. The quantitative estimate of drug-likeness (QED) is 0.281. The third-order valence-corrected chi connectivity index (χ3v) is 8.59. The van der Waals surface area contributed by atoms with Crippen LogP contribution in [0.1, 0.15) is 67.3 Å². The second kappa shape index (κ2) is 14.4. The van der Waals surface area contributed by atoms with Crippen molar-refractivity contribution in [1.82, 2.24) is 31.2 Å². The first-order valence-electron chi connectivity index (χ1n) is 13.6. The van der Waals surface area contributed by atoms with Crippen LogP contribution in [0.5, 0.6) is 0 Å². The average molecular weight is 525 g/mol. The Labute approximate surface area is 224 Å². The molecule has 4 N–H and O–H groups in total. The highest BCUT2D eigenvalue weighted by Gasteiger charge is 2.38. The average Bonchev–Trinajstić information content (AvgIpc) is 3.53. The lowest BCUT2D eigenvalue weighted by molar-refractivity contribution is -0.121. The monoisotopic (exact) mass is 524 g/mol. The number of aromatic nitrogens is 2. The first-order valence-corrected chi connectivity index (χ1v) is 14.7. The van der Waals surface area contributed by atoms with E-state index < -0.39 is 0 Å². The van der Waals surface area contributed by atoms with Gasteiger partial charge in [0.2, 0.25) is 5.91 Å². The van der Waals surface area contributed by atoms with Crippen molar-refractivity contribution in [3.63, 3.8) is 0 Å². The number of carbonyl (C=O) groups excluding carboxylic acids is 2. The molecular formula is C28H40N6O2S. The second-order valence-electron chi connectivity index (χ2n) is 10.0. The molecule has 3 atom stereocenters. The number of nitrogens with one attached hydrogen (secondary N) is 4. The highest BCUT2D eigenvalue weighted by atomic mass is 32.2. The summed E-state index contributed by atoms with van der Waals surface area (Å²) in [5.41, 5.74) is 3.16. The smallest absolute Gasteiger partial charge is 0.251 e. The van der Waals surface area contributed by atoms with Gasteiger partial charge >= 0.3 is 0 Å². The van der Waals surface area contributed by atoms with Gasteiger partial charge in [-0.25, -0.2) is 0 Å². The van der Waals surface area contributed by atoms with Crippen LogP contribution in [0.15, 0.2) is 36.7 Å². The molecule has 2 aliphatic rings. The van der Waals surface area contributed by atoms with Crippen molar-refractivity contribution in [3.8, 4) is 11.4 Å². The van der Waals surface area contributed by atoms with Gasteiger partial charge in [0.05, 0.1) is 11.4 Å². The number of unbranched alkanes of at least 4 members (excludes halogenated alkanes) is 4. The van der Waals surface area contributed by atoms with Gasteiger partial charge in [-0.3, -0.25) is 30.2 Å². The van der Waals surface area contributed by atoms with Crippen LogP contribution >= 0.6 is 11.8 Å². The fourth-order valence-electron chi connectivity index (χ4n) is 4.97. The van der Waals surface area contributed by atoms with Gasteiger partial charge in [-0.15, -0.1) is 0 Å². The number of hydrogen-bond donors (Lipinski definition) is 4. The lowest BCUT2D eigenvalue weighted by atomic mass is 10.0. The summed E-state index contributed by atoms with van der Waals surface area (Å²) in [6.45, 7) is 4.31. The van der Waals surface area contributed by atoms with Gasteiger partial charge in [0.15, 0.2) is 0 Å². The van der Waals surface area contributed by atoms with E-state index in [9.17, 15) is 9.59 Å². The fourth-order valence-corrected chi connectivity index (χ4v) is 6.57. The Hall–Kier alpha value is -2.49. The molecule has 2 aromatic rings. The maximum absolute atomic E-state index is 12.5. The summed E-state index contributed by atoms with van der Waals surface area (Å²) in [7, 11) is 0. The van der Waals surface area contributed by atoms with Crippen molar-refractivity contribution in [1.29, 1.82) is 0 Å². The maximum Gasteiger partial charge on any atom is 0.251 e. The minimum Gasteiger partial charge on any atom is -0.356 e. The number of carbonyl (C=O) groups is 2. The van der Waals surface area contributed by atoms with Crippen molar-refractivity contribution in [2.24, 2.45) is 0 Å². The normalized spacial score (nSPS) is 20.5. The zero-order valence-corrected chi connectivity index (χ0v) is 22.6. The zero-order valence-electron chi connectivity index (χ0n) is 21.8. The summed E-state index contributed by atoms with van der Waals surface area (Å²) < 4.78 is 0. The Bertz CT molecular complexity index is 1040. The first kappa shape index (κ1) is 27.5. The lowest BCUT2D eigenvalue weighted by Gasteiger charge is -2.17. The van der Waals surface area contributed by atoms with Gasteiger partial charge in [-0.2, -0.15) is 11.8 Å². The molecule has 0 radical (unpaired) electrons. The molecule has 200 valence electrons. The molecular weight excluding hydrogens is 484 g/mol. The Balaban J connectivity index is 1.00. The Morgan fingerprint density at radius 2 is 1.70 bits per heavy atom. The Kier molecular flexibility index (Phi) is 10.8. The molecule has 0 unspecified atom stereocenters. The maximum atomic E-state index is 12.5. The van der Waals surface area contributed by atoms with Crippen LogP contribution in [0.4, 0.5) is 0 Å². The van der Waals surface area contributed by atoms with Gasteiger partial charge in [-0.1, -0.05) is 19.3 Å². The number of hydrogen-bond acceptors (Lipinski definition) is 7. The van der Waals surface area contributed by atoms with E-state index in [0.717, 1.165) is 63.0 Å². The molecule has 0 spiro atoms. The molecule has 0 saturated carbocycles. The van der Waals surface area contributed by atoms with Gasteiger partial charge in [0, 0.05) is 67.2 Å². The highest BCUT2D eigenvalue weighted by Crippen LogP contribution is 2.32. The molecule has 8 nitrogen and oxygen atoms in total. The SMILES string of the molecule is Cc1ccnc(-c2cc(C(=O)NCCCCCCNC(=O)CCCC[C@@H]3SC[C@@H]4NCN[C@@H]43)ccn2)c1. The lowest BCUT2D eigenvalue weighted by Crippen LogP contribution is -2.36. The van der Waals surface area contributed by atoms with Crippen LogP contribution in [0.2, 0.25) is 0 Å². The van der Waals surface area contributed by atoms with Crippen LogP contribution < -0.4 is 21.3 Å². The molecule has 2 fully saturated rings. The molecule has 37 heavy (non-hydrogen) atoms. The predicted octanol–water partition coefficient (Wildman–Crippen LogP) is 3.42. The number of aryl methyl sites for hydroxylation is 1. The van der Waals surface area contributed by atoms with Crippen molar-refractivity contribution in [3.05, 3.63) is 47.8 Å². The van der Waals surface area contributed by atoms with E-state index in [1.165, 1.54) is 12.2 Å². The minimum absolute atomic E-state index is 0.0916. The fraction of sp³-hybridized carbons (Fsp3) is 0.571. The number of amides is 2. The number of pyridine rings is 2. The van der Waals surface area contributed by atoms with Gasteiger partial charge in [0.1, 0.15) is 0 Å². The van der Waals surface area contributed by atoms with Crippen LogP contribution in [0.25, 0.3) is 11.4 Å². The summed E-state index contributed by atoms with van der Waals surface area (Å²) in [6.07, 6.45) is 11.3. The van der Waals surface area contributed by atoms with Gasteiger partial charge in [-0.05, 0) is 62.4 Å². The van der Waals surface area contributed by atoms with Crippen LogP contribution in [-0.4, -0.2) is 64.6 Å². The number of rotatable bonds is 14. The third kappa shape index (κ3) is 8.51. The Morgan fingerprint density at radius 3 is 2.51 bits per heavy atom. The van der Waals surface area contributed by atoms with E-state index >= 15 is 0 Å². The van der Waals surface area contributed by atoms with Crippen LogP contribution in [-0.2, 0) is 4.79 Å². The van der Waals surface area contributed by atoms with Crippen molar-refractivity contribution in [2.45, 2.75) is 75.6 Å². The minimum atomic E-state index is -0.0916. The summed E-state index contributed by atoms with van der Waals surface area (Å²) in [6, 6.07) is 8.65. The molecule has 2 amide bonds. The van der Waals surface area contributed by atoms with E-state index in [-0.39, 0.29) is 11.8 Å². The third-order valence-electron chi connectivity index (χ3n) is 7.08. The van der Waals surface area contributed by atoms with E-state index in [2.05, 4.69) is 43.0 Å². The van der Waals surface area contributed by atoms with E-state index in [1.807, 2.05) is 19.1 Å². The van der Waals surface area contributed by atoms with E-state index in [1.54, 1.807) is 24.5 Å². The predicted molar refractivity (Wildman–Crippen MR) is 149 cm³/mol. The first-order chi connectivity index (χ1) is 18.1. The van der Waals surface area contributed by atoms with E-state index in [4.69, 9.17) is 0 Å². The molecule has 4 rings (SSSR count). The molecule has 2 saturated heterocycles. The van der Waals surface area contributed by atoms with Crippen LogP contribution in [0, 0.1) is 6.92 Å². The molecule has 9 heteroatoms. The van der Waals surface area contributed by atoms with Gasteiger partial charge < -0.3 is 10.6 Å². The zero-order chi connectivity index (χ0) is 25.9. The molecule has 2 aliphatic heterocycles. The van der Waals surface area contributed by atoms with Crippen molar-refractivity contribution < 1.29 is 9.59 Å². The molecule has 0 aromatic carbocycles. The number of fused-ring (bicyclic) bond motifs is 1. The van der Waals surface area contributed by atoms with E-state index in [0.29, 0.717) is 41.6 Å². The molecule has 4 heterocycles. The van der Waals surface area contributed by atoms with Crippen molar-refractivity contribution >= 4 is 23.6 Å². The Morgan fingerprint density at radius 1 is 0.946 bits per heavy atom. The van der Waals surface area contributed by atoms with Crippen molar-refractivity contribution in [2.75, 3.05) is 25.5 Å². The number of thioether (sulfide) groups is 1. The van der Waals surface area contributed by atoms with Crippen LogP contribution in [0.3, 0.4) is 0 Å².